The van der Waals surface area contributed by atoms with Crippen LogP contribution >= 0.6 is 11.3 Å². The van der Waals surface area contributed by atoms with Crippen molar-refractivity contribution >= 4 is 34.7 Å². The molecule has 1 aromatic carbocycles. The van der Waals surface area contributed by atoms with Gasteiger partial charge in [-0.2, -0.15) is 0 Å². The number of benzene rings is 1. The molecule has 0 aliphatic carbocycles. The Labute approximate surface area is 217 Å². The maximum atomic E-state index is 13.4. The minimum atomic E-state index is -0.148. The molecule has 4 rings (SSSR count). The van der Waals surface area contributed by atoms with Crippen molar-refractivity contribution in [3.05, 3.63) is 51.7 Å². The Kier molecular flexibility index (Phi) is 9.12. The van der Waals surface area contributed by atoms with E-state index in [1.54, 1.807) is 4.90 Å². The van der Waals surface area contributed by atoms with Gasteiger partial charge in [0.15, 0.2) is 13.1 Å². The fraction of sp³-hybridized carbons (Fsp3) is 0.519. The van der Waals surface area contributed by atoms with Crippen LogP contribution in [0.4, 0.5) is 5.69 Å². The monoisotopic (exact) mass is 513 g/mol. The average Bonchev–Trinajstić information content (AvgIpc) is 3.09. The van der Waals surface area contributed by atoms with Gasteiger partial charge < -0.3 is 24.8 Å². The number of carbonyl (C=O) groups is 3. The van der Waals surface area contributed by atoms with Crippen LogP contribution in [-0.4, -0.2) is 79.6 Å². The number of likely N-dealkylation sites (tertiary alicyclic amines) is 1. The lowest BCUT2D eigenvalue weighted by Crippen LogP contribution is -2.57. The third-order valence-corrected chi connectivity index (χ3v) is 8.12. The number of ether oxygens (including phenoxy) is 1. The topological polar surface area (TPSA) is 87.7 Å². The molecule has 9 heteroatoms. The molecule has 36 heavy (non-hydrogen) atoms. The molecule has 194 valence electrons. The summed E-state index contributed by atoms with van der Waals surface area (Å²) in [6.07, 6.45) is 4.24. The van der Waals surface area contributed by atoms with Crippen molar-refractivity contribution in [1.82, 2.24) is 10.2 Å². The van der Waals surface area contributed by atoms with Gasteiger partial charge in [0, 0.05) is 19.6 Å². The van der Waals surface area contributed by atoms with Gasteiger partial charge in [-0.1, -0.05) is 30.3 Å². The predicted molar refractivity (Wildman–Crippen MR) is 141 cm³/mol. The molecule has 2 aliphatic rings. The molecule has 2 saturated heterocycles. The number of hydrogen-bond acceptors (Lipinski definition) is 5. The van der Waals surface area contributed by atoms with Crippen LogP contribution in [0.2, 0.25) is 0 Å². The summed E-state index contributed by atoms with van der Waals surface area (Å²) < 4.78 is 5.82. The molecule has 2 aliphatic heterocycles. The Morgan fingerprint density at radius 3 is 2.33 bits per heavy atom. The number of carbonyl (C=O) groups excluding carboxylic acids is 3. The number of aryl methyl sites for hydroxylation is 1. The van der Waals surface area contributed by atoms with E-state index in [0.29, 0.717) is 47.9 Å². The van der Waals surface area contributed by atoms with Gasteiger partial charge in [-0.25, -0.2) is 0 Å². The summed E-state index contributed by atoms with van der Waals surface area (Å²) in [5.74, 6) is -0.251. The first kappa shape index (κ1) is 26.3. The summed E-state index contributed by atoms with van der Waals surface area (Å²) in [7, 11) is 0. The number of amides is 3. The molecule has 0 radical (unpaired) electrons. The van der Waals surface area contributed by atoms with Gasteiger partial charge in [0.05, 0.1) is 32.0 Å². The highest BCUT2D eigenvalue weighted by Crippen LogP contribution is 2.30. The first-order valence-corrected chi connectivity index (χ1v) is 13.7. The lowest BCUT2D eigenvalue weighted by atomic mass is 10.2. The van der Waals surface area contributed by atoms with Crippen molar-refractivity contribution < 1.29 is 23.6 Å². The van der Waals surface area contributed by atoms with E-state index in [1.807, 2.05) is 42.6 Å². The zero-order chi connectivity index (χ0) is 25.4. The van der Waals surface area contributed by atoms with E-state index >= 15 is 0 Å². The van der Waals surface area contributed by atoms with E-state index < -0.39 is 0 Å². The van der Waals surface area contributed by atoms with Gasteiger partial charge in [0.2, 0.25) is 0 Å². The lowest BCUT2D eigenvalue weighted by molar-refractivity contribution is -0.912. The van der Waals surface area contributed by atoms with Crippen LogP contribution in [0.3, 0.4) is 0 Å². The fourth-order valence-electron chi connectivity index (χ4n) is 5.04. The van der Waals surface area contributed by atoms with Gasteiger partial charge >= 0.3 is 0 Å². The summed E-state index contributed by atoms with van der Waals surface area (Å²) in [4.78, 5) is 41.8. The van der Waals surface area contributed by atoms with Crippen LogP contribution in [0.5, 0.6) is 0 Å². The van der Waals surface area contributed by atoms with Crippen LogP contribution in [0, 0.1) is 6.92 Å². The average molecular weight is 514 g/mol. The molecule has 2 aromatic rings. The third kappa shape index (κ3) is 6.93. The molecule has 2 N–H and O–H groups in total. The largest absolute Gasteiger partial charge is 0.378 e. The van der Waals surface area contributed by atoms with Gasteiger partial charge in [-0.3, -0.25) is 14.4 Å². The maximum absolute atomic E-state index is 13.4. The van der Waals surface area contributed by atoms with Gasteiger partial charge in [0.1, 0.15) is 4.88 Å². The summed E-state index contributed by atoms with van der Waals surface area (Å²) in [6, 6.07) is 9.85. The van der Waals surface area contributed by atoms with Crippen molar-refractivity contribution in [2.45, 2.75) is 39.2 Å². The van der Waals surface area contributed by atoms with Crippen LogP contribution in [0.25, 0.3) is 0 Å². The Morgan fingerprint density at radius 2 is 1.64 bits per heavy atom. The van der Waals surface area contributed by atoms with Crippen molar-refractivity contribution in [3.63, 3.8) is 0 Å². The van der Waals surface area contributed by atoms with Crippen molar-refractivity contribution in [1.29, 1.82) is 0 Å². The van der Waals surface area contributed by atoms with Crippen LogP contribution < -0.4 is 10.6 Å². The Balaban J connectivity index is 1.43. The highest BCUT2D eigenvalue weighted by molar-refractivity contribution is 7.13. The number of nitrogens with zero attached hydrogens (tertiary/aromatic N) is 2. The number of morpholine rings is 1. The van der Waals surface area contributed by atoms with Crippen molar-refractivity contribution in [2.75, 3.05) is 57.8 Å². The molecule has 2 fully saturated rings. The van der Waals surface area contributed by atoms with Crippen LogP contribution in [0.1, 0.15) is 46.5 Å². The second kappa shape index (κ2) is 12.5. The van der Waals surface area contributed by atoms with Gasteiger partial charge in [-0.05, 0) is 49.1 Å². The number of rotatable bonds is 8. The maximum Gasteiger partial charge on any atom is 0.279 e. The molecule has 0 saturated carbocycles. The summed E-state index contributed by atoms with van der Waals surface area (Å²) in [6.45, 7) is 6.67. The van der Waals surface area contributed by atoms with Crippen molar-refractivity contribution in [2.24, 2.45) is 0 Å². The number of quaternary nitrogens is 1. The van der Waals surface area contributed by atoms with E-state index in [2.05, 4.69) is 10.6 Å². The zero-order valence-corrected chi connectivity index (χ0v) is 21.9. The van der Waals surface area contributed by atoms with Crippen LogP contribution in [-0.2, 0) is 20.9 Å². The molecule has 3 heterocycles. The molecular formula is C27H37N4O4S+. The molecule has 0 atom stereocenters. The molecule has 0 bridgehead atoms. The first-order chi connectivity index (χ1) is 17.5. The highest BCUT2D eigenvalue weighted by Gasteiger charge is 2.35. The van der Waals surface area contributed by atoms with E-state index in [0.717, 1.165) is 49.9 Å². The minimum Gasteiger partial charge on any atom is -0.378 e. The molecule has 3 amide bonds. The second-order valence-corrected chi connectivity index (χ2v) is 10.7. The Morgan fingerprint density at radius 1 is 0.972 bits per heavy atom. The molecular weight excluding hydrogens is 476 g/mol. The Bertz CT molecular complexity index is 1040. The third-order valence-electron chi connectivity index (χ3n) is 7.04. The molecule has 8 nitrogen and oxygen atoms in total. The summed E-state index contributed by atoms with van der Waals surface area (Å²) in [5.41, 5.74) is 2.53. The SMILES string of the molecule is Cc1csc(C(=O)N2CCOCC2)c1NC(=O)C[N+]1(CC(=O)NCc2ccccc2)CCCCCC1. The highest BCUT2D eigenvalue weighted by atomic mass is 32.1. The fourth-order valence-corrected chi connectivity index (χ4v) is 6.01. The smallest absolute Gasteiger partial charge is 0.279 e. The molecule has 0 unspecified atom stereocenters. The number of thiophene rings is 1. The van der Waals surface area contributed by atoms with Gasteiger partial charge in [-0.15, -0.1) is 11.3 Å². The van der Waals surface area contributed by atoms with E-state index in [4.69, 9.17) is 4.74 Å². The van der Waals surface area contributed by atoms with Crippen molar-refractivity contribution in [3.8, 4) is 0 Å². The Hall–Kier alpha value is -2.75. The van der Waals surface area contributed by atoms with Gasteiger partial charge in [0.25, 0.3) is 17.7 Å². The second-order valence-electron chi connectivity index (χ2n) is 9.86. The predicted octanol–water partition coefficient (Wildman–Crippen LogP) is 3.17. The number of nitrogens with one attached hydrogen (secondary N) is 2. The minimum absolute atomic E-state index is 0.0385. The molecule has 0 spiro atoms. The quantitative estimate of drug-likeness (QED) is 0.531. The summed E-state index contributed by atoms with van der Waals surface area (Å²) in [5, 5.41) is 8.00. The summed E-state index contributed by atoms with van der Waals surface area (Å²) >= 11 is 1.37. The number of anilines is 1. The first-order valence-electron chi connectivity index (χ1n) is 12.9. The van der Waals surface area contributed by atoms with E-state index in [1.165, 1.54) is 11.3 Å². The number of hydrogen-bond donors (Lipinski definition) is 2. The lowest BCUT2D eigenvalue weighted by Gasteiger charge is -2.36. The van der Waals surface area contributed by atoms with E-state index in [-0.39, 0.29) is 30.8 Å². The van der Waals surface area contributed by atoms with E-state index in [9.17, 15) is 14.4 Å². The molecule has 1 aromatic heterocycles. The standard InChI is InChI=1S/C27H36N4O4S/c1-21-20-36-26(27(34)30-11-15-35-16-12-30)25(21)29-24(33)19-31(13-7-2-3-8-14-31)18-23(32)28-17-22-9-5-4-6-10-22/h4-6,9-10,20H,2-3,7-8,11-19H2,1H3,(H-,28,29,32,33,34)/p+1. The zero-order valence-electron chi connectivity index (χ0n) is 21.1. The normalized spacial score (nSPS) is 17.8. The van der Waals surface area contributed by atoms with Crippen LogP contribution in [0.15, 0.2) is 35.7 Å².